The molecular weight excluding hydrogens is 282 g/mol. The molecule has 0 aliphatic carbocycles. The number of aryl methyl sites for hydroxylation is 2. The molecule has 1 aromatic rings. The fraction of sp³-hybridized carbons (Fsp3) is 0.667. The van der Waals surface area contributed by atoms with Crippen molar-refractivity contribution in [3.05, 3.63) is 35.4 Å². The highest BCUT2D eigenvalue weighted by Crippen LogP contribution is 2.16. The number of unbranched alkanes of at least 4 members (excludes halogenated alkanes) is 1. The summed E-state index contributed by atoms with van der Waals surface area (Å²) in [4.78, 5) is 13.4. The molecule has 1 amide bonds. The Morgan fingerprint density at radius 3 is 1.65 bits per heavy atom. The number of benzene rings is 1. The first-order chi connectivity index (χ1) is 10.9. The minimum Gasteiger partial charge on any atom is -0.349 e. The van der Waals surface area contributed by atoms with Crippen LogP contribution in [0.15, 0.2) is 24.3 Å². The van der Waals surface area contributed by atoms with Crippen LogP contribution in [-0.2, 0) is 4.79 Å². The monoisotopic (exact) mass is 321 g/mol. The maximum atomic E-state index is 11.7. The van der Waals surface area contributed by atoms with Gasteiger partial charge in [-0.3, -0.25) is 4.79 Å². The molecule has 1 unspecified atom stereocenters. The number of rotatable bonds is 6. The van der Waals surface area contributed by atoms with E-state index in [4.69, 9.17) is 0 Å². The molecule has 2 nitrogen and oxygen atoms in total. The molecule has 134 valence electrons. The van der Waals surface area contributed by atoms with E-state index in [-0.39, 0.29) is 5.92 Å². The van der Waals surface area contributed by atoms with Crippen molar-refractivity contribution >= 4 is 5.91 Å². The number of hydrogen-bond acceptors (Lipinski definition) is 1. The highest BCUT2D eigenvalue weighted by Gasteiger charge is 2.17. The molecule has 0 heterocycles. The maximum Gasteiger partial charge on any atom is 0.225 e. The first kappa shape index (κ1) is 23.9. The largest absolute Gasteiger partial charge is 0.349 e. The van der Waals surface area contributed by atoms with Gasteiger partial charge in [0.15, 0.2) is 0 Å². The number of carbonyl (C=O) groups excluding carboxylic acids is 1. The standard InChI is InChI=1S/C11H23NO.C8H10.C2H6/c1-5-7-9-10(8-6-2)11(13)12(3)4;1-7-3-5-8(2)6-4-7;1-2/h10H,5-9H2,1-4H3;3-6H,1-2H3;1-2H3. The molecule has 0 N–H and O–H groups in total. The topological polar surface area (TPSA) is 20.3 Å². The average molecular weight is 322 g/mol. The summed E-state index contributed by atoms with van der Waals surface area (Å²) in [5, 5.41) is 0. The van der Waals surface area contributed by atoms with Crippen LogP contribution in [0.2, 0.25) is 0 Å². The molecule has 0 saturated carbocycles. The Balaban J connectivity index is 0. The molecule has 0 aromatic heterocycles. The van der Waals surface area contributed by atoms with E-state index in [0.717, 1.165) is 19.3 Å². The Morgan fingerprint density at radius 2 is 1.35 bits per heavy atom. The lowest BCUT2D eigenvalue weighted by molar-refractivity contribution is -0.133. The smallest absolute Gasteiger partial charge is 0.225 e. The van der Waals surface area contributed by atoms with Crippen molar-refractivity contribution in [3.8, 4) is 0 Å². The summed E-state index contributed by atoms with van der Waals surface area (Å²) >= 11 is 0. The van der Waals surface area contributed by atoms with Crippen LogP contribution in [0.4, 0.5) is 0 Å². The Bertz CT molecular complexity index is 360. The molecule has 0 aliphatic heterocycles. The van der Waals surface area contributed by atoms with Crippen molar-refractivity contribution < 1.29 is 4.79 Å². The number of hydrogen-bond donors (Lipinski definition) is 0. The van der Waals surface area contributed by atoms with E-state index < -0.39 is 0 Å². The molecule has 1 aromatic carbocycles. The summed E-state index contributed by atoms with van der Waals surface area (Å²) in [5.74, 6) is 0.565. The van der Waals surface area contributed by atoms with Gasteiger partial charge in [0.2, 0.25) is 5.91 Å². The van der Waals surface area contributed by atoms with Crippen molar-refractivity contribution in [1.82, 2.24) is 4.90 Å². The van der Waals surface area contributed by atoms with Gasteiger partial charge < -0.3 is 4.90 Å². The predicted molar refractivity (Wildman–Crippen MR) is 104 cm³/mol. The molecule has 23 heavy (non-hydrogen) atoms. The Labute approximate surface area is 145 Å². The van der Waals surface area contributed by atoms with E-state index in [1.807, 2.05) is 27.9 Å². The second-order valence-electron chi connectivity index (χ2n) is 6.02. The lowest BCUT2D eigenvalue weighted by Crippen LogP contribution is -2.29. The van der Waals surface area contributed by atoms with E-state index in [2.05, 4.69) is 52.0 Å². The number of amides is 1. The first-order valence-corrected chi connectivity index (χ1v) is 9.16. The molecule has 0 aliphatic rings. The molecule has 1 rings (SSSR count). The lowest BCUT2D eigenvalue weighted by atomic mass is 9.96. The van der Waals surface area contributed by atoms with Gasteiger partial charge in [-0.15, -0.1) is 0 Å². The van der Waals surface area contributed by atoms with Gasteiger partial charge in [0.05, 0.1) is 0 Å². The van der Waals surface area contributed by atoms with Gasteiger partial charge in [0.1, 0.15) is 0 Å². The maximum absolute atomic E-state index is 11.7. The van der Waals surface area contributed by atoms with Crippen LogP contribution in [0.25, 0.3) is 0 Å². The van der Waals surface area contributed by atoms with Crippen molar-refractivity contribution in [2.45, 2.75) is 73.6 Å². The zero-order valence-electron chi connectivity index (χ0n) is 16.8. The van der Waals surface area contributed by atoms with Gasteiger partial charge in [0, 0.05) is 20.0 Å². The van der Waals surface area contributed by atoms with Gasteiger partial charge in [-0.25, -0.2) is 0 Å². The van der Waals surface area contributed by atoms with Crippen LogP contribution in [0.5, 0.6) is 0 Å². The normalized spacial score (nSPS) is 10.6. The summed E-state index contributed by atoms with van der Waals surface area (Å²) in [6, 6.07) is 8.48. The van der Waals surface area contributed by atoms with Crippen molar-refractivity contribution in [2.75, 3.05) is 14.1 Å². The van der Waals surface area contributed by atoms with Crippen LogP contribution >= 0.6 is 0 Å². The molecule has 1 atom stereocenters. The van der Waals surface area contributed by atoms with E-state index in [1.54, 1.807) is 4.90 Å². The van der Waals surface area contributed by atoms with Crippen molar-refractivity contribution in [2.24, 2.45) is 5.92 Å². The molecule has 2 heteroatoms. The zero-order valence-corrected chi connectivity index (χ0v) is 16.8. The SMILES string of the molecule is CC.CCCCC(CCC)C(=O)N(C)C.Cc1ccc(C)cc1. The molecular formula is C21H39NO. The van der Waals surface area contributed by atoms with E-state index in [9.17, 15) is 4.79 Å². The quantitative estimate of drug-likeness (QED) is 0.628. The minimum atomic E-state index is 0.264. The van der Waals surface area contributed by atoms with Gasteiger partial charge >= 0.3 is 0 Å². The summed E-state index contributed by atoms with van der Waals surface area (Å²) < 4.78 is 0. The Kier molecular flexibility index (Phi) is 16.2. The van der Waals surface area contributed by atoms with Crippen molar-refractivity contribution in [1.29, 1.82) is 0 Å². The summed E-state index contributed by atoms with van der Waals surface area (Å²) in [6.45, 7) is 12.5. The third kappa shape index (κ3) is 12.9. The van der Waals surface area contributed by atoms with Gasteiger partial charge in [-0.1, -0.05) is 82.3 Å². The van der Waals surface area contributed by atoms with Gasteiger partial charge in [-0.2, -0.15) is 0 Å². The minimum absolute atomic E-state index is 0.264. The van der Waals surface area contributed by atoms with Crippen LogP contribution < -0.4 is 0 Å². The Hall–Kier alpha value is -1.31. The molecule has 0 fully saturated rings. The summed E-state index contributed by atoms with van der Waals surface area (Å²) in [6.07, 6.45) is 5.55. The molecule has 0 bridgehead atoms. The second kappa shape index (κ2) is 15.6. The summed E-state index contributed by atoms with van der Waals surface area (Å²) in [7, 11) is 3.69. The number of nitrogens with zero attached hydrogens (tertiary/aromatic N) is 1. The first-order valence-electron chi connectivity index (χ1n) is 9.16. The van der Waals surface area contributed by atoms with Crippen molar-refractivity contribution in [3.63, 3.8) is 0 Å². The van der Waals surface area contributed by atoms with Crippen LogP contribution in [-0.4, -0.2) is 24.9 Å². The average Bonchev–Trinajstić information content (AvgIpc) is 2.56. The van der Waals surface area contributed by atoms with E-state index in [0.29, 0.717) is 5.91 Å². The number of carbonyl (C=O) groups is 1. The van der Waals surface area contributed by atoms with Crippen LogP contribution in [0.3, 0.4) is 0 Å². The van der Waals surface area contributed by atoms with Gasteiger partial charge in [-0.05, 0) is 26.7 Å². The van der Waals surface area contributed by atoms with Crippen LogP contribution in [0, 0.1) is 19.8 Å². The summed E-state index contributed by atoms with van der Waals surface area (Å²) in [5.41, 5.74) is 2.66. The lowest BCUT2D eigenvalue weighted by Gasteiger charge is -2.19. The Morgan fingerprint density at radius 1 is 0.913 bits per heavy atom. The molecule has 0 spiro atoms. The predicted octanol–water partition coefficient (Wildman–Crippen LogP) is 6.01. The van der Waals surface area contributed by atoms with Crippen LogP contribution in [0.1, 0.15) is 70.9 Å². The third-order valence-electron chi connectivity index (χ3n) is 3.55. The van der Waals surface area contributed by atoms with Gasteiger partial charge in [0.25, 0.3) is 0 Å². The molecule has 0 saturated heterocycles. The van der Waals surface area contributed by atoms with E-state index in [1.165, 1.54) is 24.0 Å². The zero-order chi connectivity index (χ0) is 18.3. The fourth-order valence-corrected chi connectivity index (χ4v) is 2.19. The third-order valence-corrected chi connectivity index (χ3v) is 3.55. The second-order valence-corrected chi connectivity index (χ2v) is 6.02. The fourth-order valence-electron chi connectivity index (χ4n) is 2.19. The highest BCUT2D eigenvalue weighted by molar-refractivity contribution is 5.78. The van der Waals surface area contributed by atoms with E-state index >= 15 is 0 Å². The molecule has 0 radical (unpaired) electrons. The highest BCUT2D eigenvalue weighted by atomic mass is 16.2.